The lowest BCUT2D eigenvalue weighted by molar-refractivity contribution is -0.123. The number of aryl methyl sites for hydroxylation is 1. The Morgan fingerprint density at radius 2 is 2.00 bits per heavy atom. The van der Waals surface area contributed by atoms with Crippen LogP contribution >= 0.6 is 11.3 Å². The van der Waals surface area contributed by atoms with Gasteiger partial charge in [-0.05, 0) is 18.2 Å². The van der Waals surface area contributed by atoms with Crippen LogP contribution in [-0.4, -0.2) is 10.5 Å². The van der Waals surface area contributed by atoms with E-state index in [0.29, 0.717) is 0 Å². The van der Waals surface area contributed by atoms with Crippen LogP contribution in [0.2, 0.25) is 0 Å². The molecule has 18 heavy (non-hydrogen) atoms. The van der Waals surface area contributed by atoms with Gasteiger partial charge in [0, 0.05) is 18.2 Å². The molecule has 0 saturated carbocycles. The van der Waals surface area contributed by atoms with Gasteiger partial charge in [0.05, 0.1) is 10.2 Å². The second-order valence-electron chi connectivity index (χ2n) is 5.31. The number of thiazole rings is 1. The molecule has 0 aliphatic carbocycles. The second kappa shape index (κ2) is 4.24. The molecule has 1 aromatic carbocycles. The van der Waals surface area contributed by atoms with Gasteiger partial charge in [-0.1, -0.05) is 32.1 Å². The Morgan fingerprint density at radius 1 is 1.33 bits per heavy atom. The van der Waals surface area contributed by atoms with E-state index in [1.54, 1.807) is 11.6 Å². The topological polar surface area (TPSA) is 51.1 Å². The van der Waals surface area contributed by atoms with E-state index >= 15 is 0 Å². The Bertz CT molecular complexity index is 662. The van der Waals surface area contributed by atoms with Gasteiger partial charge in [0.1, 0.15) is 0 Å². The Labute approximate surface area is 109 Å². The van der Waals surface area contributed by atoms with E-state index in [0.717, 1.165) is 15.9 Å². The summed E-state index contributed by atoms with van der Waals surface area (Å²) in [5.74, 6) is -0.0369. The second-order valence-corrected chi connectivity index (χ2v) is 6.31. The van der Waals surface area contributed by atoms with Gasteiger partial charge in [-0.2, -0.15) is 0 Å². The fourth-order valence-corrected chi connectivity index (χ4v) is 2.45. The molecule has 5 heteroatoms. The van der Waals surface area contributed by atoms with E-state index in [4.69, 9.17) is 0 Å². The van der Waals surface area contributed by atoms with Crippen LogP contribution in [0.4, 0.5) is 5.69 Å². The molecule has 4 nitrogen and oxygen atoms in total. The first-order valence-electron chi connectivity index (χ1n) is 5.70. The highest BCUT2D eigenvalue weighted by molar-refractivity contribution is 7.16. The van der Waals surface area contributed by atoms with E-state index in [1.807, 2.05) is 39.0 Å². The van der Waals surface area contributed by atoms with Crippen molar-refractivity contribution >= 4 is 33.1 Å². The van der Waals surface area contributed by atoms with Gasteiger partial charge in [0.15, 0.2) is 0 Å². The summed E-state index contributed by atoms with van der Waals surface area (Å²) in [5.41, 5.74) is 1.18. The number of rotatable bonds is 1. The fourth-order valence-electron chi connectivity index (χ4n) is 1.53. The number of aromatic nitrogens is 1. The molecule has 96 valence electrons. The Hall–Kier alpha value is -1.62. The van der Waals surface area contributed by atoms with Crippen molar-refractivity contribution in [2.24, 2.45) is 12.5 Å². The molecule has 1 aromatic heterocycles. The summed E-state index contributed by atoms with van der Waals surface area (Å²) in [6.45, 7) is 5.59. The smallest absolute Gasteiger partial charge is 0.307 e. The van der Waals surface area contributed by atoms with Gasteiger partial charge in [-0.15, -0.1) is 0 Å². The van der Waals surface area contributed by atoms with E-state index in [1.165, 1.54) is 11.3 Å². The minimum atomic E-state index is -0.432. The van der Waals surface area contributed by atoms with Gasteiger partial charge < -0.3 is 9.88 Å². The molecule has 2 rings (SSSR count). The summed E-state index contributed by atoms with van der Waals surface area (Å²) < 4.78 is 2.49. The number of amides is 1. The maximum atomic E-state index is 11.9. The van der Waals surface area contributed by atoms with Crippen LogP contribution < -0.4 is 10.2 Å². The monoisotopic (exact) mass is 264 g/mol. The molecular weight excluding hydrogens is 248 g/mol. The van der Waals surface area contributed by atoms with Crippen LogP contribution in [-0.2, 0) is 11.8 Å². The molecule has 0 fully saturated rings. The number of anilines is 1. The van der Waals surface area contributed by atoms with Crippen molar-refractivity contribution in [1.29, 1.82) is 0 Å². The average molecular weight is 264 g/mol. The molecule has 2 aromatic rings. The van der Waals surface area contributed by atoms with E-state index in [9.17, 15) is 9.59 Å². The molecule has 0 aliphatic heterocycles. The molecule has 0 saturated heterocycles. The number of nitrogens with zero attached hydrogens (tertiary/aromatic N) is 1. The SMILES string of the molecule is Cn1c(=O)sc2cc(NC(=O)C(C)(C)C)ccc21. The lowest BCUT2D eigenvalue weighted by atomic mass is 9.95. The van der Waals surface area contributed by atoms with Crippen LogP contribution in [0, 0.1) is 5.41 Å². The molecule has 1 amide bonds. The maximum Gasteiger partial charge on any atom is 0.307 e. The van der Waals surface area contributed by atoms with Crippen molar-refractivity contribution < 1.29 is 4.79 Å². The van der Waals surface area contributed by atoms with Gasteiger partial charge in [-0.3, -0.25) is 9.59 Å². The van der Waals surface area contributed by atoms with Crippen LogP contribution in [0.3, 0.4) is 0 Å². The molecule has 0 atom stereocenters. The molecule has 1 N–H and O–H groups in total. The minimum absolute atomic E-state index is 0.00398. The summed E-state index contributed by atoms with van der Waals surface area (Å²) in [5, 5.41) is 2.86. The molecule has 0 aliphatic rings. The van der Waals surface area contributed by atoms with Crippen LogP contribution in [0.1, 0.15) is 20.8 Å². The number of fused-ring (bicyclic) bond motifs is 1. The van der Waals surface area contributed by atoms with Crippen molar-refractivity contribution in [1.82, 2.24) is 4.57 Å². The highest BCUT2D eigenvalue weighted by atomic mass is 32.1. The molecule has 1 heterocycles. The third-order valence-electron chi connectivity index (χ3n) is 2.73. The predicted octanol–water partition coefficient (Wildman–Crippen LogP) is 2.58. The van der Waals surface area contributed by atoms with Crippen LogP contribution in [0.15, 0.2) is 23.0 Å². The normalized spacial score (nSPS) is 11.8. The fraction of sp³-hybridized carbons (Fsp3) is 0.385. The number of carbonyl (C=O) groups excluding carboxylic acids is 1. The first kappa shape index (κ1) is 12.8. The summed E-state index contributed by atoms with van der Waals surface area (Å²) in [4.78, 5) is 23.4. The number of hydrogen-bond acceptors (Lipinski definition) is 3. The summed E-state index contributed by atoms with van der Waals surface area (Å²) >= 11 is 1.18. The molecule has 0 unspecified atom stereocenters. The Kier molecular flexibility index (Phi) is 3.02. The highest BCUT2D eigenvalue weighted by Gasteiger charge is 2.21. The van der Waals surface area contributed by atoms with Crippen LogP contribution in [0.5, 0.6) is 0 Å². The molecular formula is C13H16N2O2S. The average Bonchev–Trinajstić information content (AvgIpc) is 2.53. The Balaban J connectivity index is 2.37. The largest absolute Gasteiger partial charge is 0.326 e. The molecule has 0 radical (unpaired) electrons. The first-order chi connectivity index (χ1) is 8.29. The van der Waals surface area contributed by atoms with E-state index in [2.05, 4.69) is 5.32 Å². The lowest BCUT2D eigenvalue weighted by Gasteiger charge is -2.17. The summed E-state index contributed by atoms with van der Waals surface area (Å²) in [6.07, 6.45) is 0. The van der Waals surface area contributed by atoms with Crippen LogP contribution in [0.25, 0.3) is 10.2 Å². The van der Waals surface area contributed by atoms with Gasteiger partial charge in [0.2, 0.25) is 5.91 Å². The number of benzene rings is 1. The zero-order valence-electron chi connectivity index (χ0n) is 10.9. The molecule has 0 spiro atoms. The maximum absolute atomic E-state index is 11.9. The lowest BCUT2D eigenvalue weighted by Crippen LogP contribution is -2.27. The zero-order valence-corrected chi connectivity index (χ0v) is 11.7. The Morgan fingerprint density at radius 3 is 2.61 bits per heavy atom. The van der Waals surface area contributed by atoms with Crippen molar-refractivity contribution in [3.63, 3.8) is 0 Å². The third kappa shape index (κ3) is 2.31. The summed E-state index contributed by atoms with van der Waals surface area (Å²) in [7, 11) is 1.74. The van der Waals surface area contributed by atoms with Gasteiger partial charge >= 0.3 is 4.87 Å². The van der Waals surface area contributed by atoms with Crippen molar-refractivity contribution in [3.05, 3.63) is 27.9 Å². The molecule has 0 bridgehead atoms. The van der Waals surface area contributed by atoms with Gasteiger partial charge in [0.25, 0.3) is 0 Å². The van der Waals surface area contributed by atoms with E-state index < -0.39 is 5.41 Å². The van der Waals surface area contributed by atoms with Gasteiger partial charge in [-0.25, -0.2) is 0 Å². The standard InChI is InChI=1S/C13H16N2O2S/c1-13(2,3)11(16)14-8-5-6-9-10(7-8)18-12(17)15(9)4/h5-7H,1-4H3,(H,14,16). The quantitative estimate of drug-likeness (QED) is 0.860. The summed E-state index contributed by atoms with van der Waals surface area (Å²) in [6, 6.07) is 5.51. The predicted molar refractivity (Wildman–Crippen MR) is 75.2 cm³/mol. The minimum Gasteiger partial charge on any atom is -0.326 e. The number of nitrogens with one attached hydrogen (secondary N) is 1. The van der Waals surface area contributed by atoms with E-state index in [-0.39, 0.29) is 10.8 Å². The van der Waals surface area contributed by atoms with Crippen molar-refractivity contribution in [3.8, 4) is 0 Å². The number of hydrogen-bond donors (Lipinski definition) is 1. The first-order valence-corrected chi connectivity index (χ1v) is 6.52. The zero-order chi connectivity index (χ0) is 13.5. The highest BCUT2D eigenvalue weighted by Crippen LogP contribution is 2.23. The number of carbonyl (C=O) groups is 1. The van der Waals surface area contributed by atoms with Crippen molar-refractivity contribution in [2.45, 2.75) is 20.8 Å². The third-order valence-corrected chi connectivity index (χ3v) is 3.73. The van der Waals surface area contributed by atoms with Crippen molar-refractivity contribution in [2.75, 3.05) is 5.32 Å².